The summed E-state index contributed by atoms with van der Waals surface area (Å²) in [5.74, 6) is 0.885. The Morgan fingerprint density at radius 2 is 1.95 bits per heavy atom. The highest BCUT2D eigenvalue weighted by atomic mass is 35.5. The van der Waals surface area contributed by atoms with Gasteiger partial charge in [-0.1, -0.05) is 44.0 Å². The fraction of sp³-hybridized carbons (Fsp3) is 0.588. The molecule has 1 aliphatic carbocycles. The third-order valence-corrected chi connectivity index (χ3v) is 4.74. The topological polar surface area (TPSA) is 55.1 Å². The lowest BCUT2D eigenvalue weighted by Gasteiger charge is -2.26. The summed E-state index contributed by atoms with van der Waals surface area (Å²) in [5, 5.41) is 3.94. The van der Waals surface area contributed by atoms with E-state index in [4.69, 9.17) is 17.3 Å². The smallest absolute Gasteiger partial charge is 0.223 e. The summed E-state index contributed by atoms with van der Waals surface area (Å²) < 4.78 is 0. The van der Waals surface area contributed by atoms with Gasteiger partial charge in [0.15, 0.2) is 0 Å². The van der Waals surface area contributed by atoms with Gasteiger partial charge in [-0.05, 0) is 48.9 Å². The molecule has 1 aromatic carbocycles. The molecule has 22 heavy (non-hydrogen) atoms. The van der Waals surface area contributed by atoms with E-state index in [9.17, 15) is 4.79 Å². The van der Waals surface area contributed by atoms with Crippen LogP contribution in [0.3, 0.4) is 0 Å². The van der Waals surface area contributed by atoms with Gasteiger partial charge in [-0.3, -0.25) is 4.79 Å². The highest BCUT2D eigenvalue weighted by Gasteiger charge is 2.33. The zero-order valence-corrected chi connectivity index (χ0v) is 14.8. The van der Waals surface area contributed by atoms with Crippen molar-refractivity contribution < 1.29 is 4.79 Å². The zero-order chi connectivity index (χ0) is 15.4. The average molecular weight is 345 g/mol. The van der Waals surface area contributed by atoms with Crippen molar-refractivity contribution >= 4 is 29.9 Å². The summed E-state index contributed by atoms with van der Waals surface area (Å²) in [6, 6.07) is 7.74. The van der Waals surface area contributed by atoms with Crippen molar-refractivity contribution in [3.63, 3.8) is 0 Å². The lowest BCUT2D eigenvalue weighted by molar-refractivity contribution is -0.127. The Labute approximate surface area is 144 Å². The molecule has 3 nitrogen and oxygen atoms in total. The van der Waals surface area contributed by atoms with E-state index >= 15 is 0 Å². The van der Waals surface area contributed by atoms with Crippen molar-refractivity contribution in [2.75, 3.05) is 6.54 Å². The molecule has 1 unspecified atom stereocenters. The number of nitrogens with one attached hydrogen (secondary N) is 1. The van der Waals surface area contributed by atoms with E-state index in [0.717, 1.165) is 24.8 Å². The molecule has 2 rings (SSSR count). The first-order valence-electron chi connectivity index (χ1n) is 7.78. The van der Waals surface area contributed by atoms with Crippen molar-refractivity contribution in [3.8, 4) is 0 Å². The summed E-state index contributed by atoms with van der Waals surface area (Å²) in [6.45, 7) is 4.84. The van der Waals surface area contributed by atoms with E-state index in [0.29, 0.717) is 23.4 Å². The minimum atomic E-state index is 0. The van der Waals surface area contributed by atoms with Gasteiger partial charge >= 0.3 is 0 Å². The van der Waals surface area contributed by atoms with Crippen molar-refractivity contribution in [1.29, 1.82) is 0 Å². The molecule has 3 N–H and O–H groups in total. The molecule has 124 valence electrons. The van der Waals surface area contributed by atoms with Gasteiger partial charge in [-0.15, -0.1) is 12.4 Å². The maximum Gasteiger partial charge on any atom is 0.223 e. The molecule has 0 aromatic heterocycles. The highest BCUT2D eigenvalue weighted by molar-refractivity contribution is 6.30. The molecule has 1 aromatic rings. The summed E-state index contributed by atoms with van der Waals surface area (Å²) in [6.07, 6.45) is 3.13. The van der Waals surface area contributed by atoms with E-state index in [1.165, 1.54) is 0 Å². The first-order chi connectivity index (χ1) is 10.0. The van der Waals surface area contributed by atoms with E-state index in [-0.39, 0.29) is 30.3 Å². The van der Waals surface area contributed by atoms with Crippen LogP contribution < -0.4 is 11.1 Å². The number of hydrogen-bond acceptors (Lipinski definition) is 2. The number of carbonyl (C=O) groups is 1. The second kappa shape index (κ2) is 8.76. The minimum Gasteiger partial charge on any atom is -0.349 e. The number of nitrogens with two attached hydrogens (primary N) is 1. The van der Waals surface area contributed by atoms with Gasteiger partial charge in [0, 0.05) is 10.9 Å². The molecule has 0 bridgehead atoms. The Hall–Kier alpha value is -0.770. The van der Waals surface area contributed by atoms with Crippen LogP contribution in [0.5, 0.6) is 0 Å². The lowest BCUT2D eigenvalue weighted by atomic mass is 9.92. The molecule has 3 atom stereocenters. The van der Waals surface area contributed by atoms with E-state index in [2.05, 4.69) is 19.2 Å². The summed E-state index contributed by atoms with van der Waals surface area (Å²) >= 11 is 5.94. The zero-order valence-electron chi connectivity index (χ0n) is 13.2. The fourth-order valence-corrected chi connectivity index (χ4v) is 3.36. The summed E-state index contributed by atoms with van der Waals surface area (Å²) in [7, 11) is 0. The molecular formula is C17H26Cl2N2O. The SMILES string of the molecule is CC(C)C(NC(=O)[C@@H]1CCC[C@@H]1CN)c1ccc(Cl)cc1.Cl. The predicted molar refractivity (Wildman–Crippen MR) is 94.3 cm³/mol. The molecule has 0 heterocycles. The van der Waals surface area contributed by atoms with Crippen molar-refractivity contribution in [1.82, 2.24) is 5.32 Å². The van der Waals surface area contributed by atoms with Crippen molar-refractivity contribution in [3.05, 3.63) is 34.9 Å². The van der Waals surface area contributed by atoms with E-state index in [1.807, 2.05) is 24.3 Å². The Kier molecular flexibility index (Phi) is 7.67. The highest BCUT2D eigenvalue weighted by Crippen LogP contribution is 2.32. The second-order valence-corrected chi connectivity index (χ2v) is 6.75. The Balaban J connectivity index is 0.00000242. The number of benzene rings is 1. The van der Waals surface area contributed by atoms with Crippen LogP contribution in [0.15, 0.2) is 24.3 Å². The monoisotopic (exact) mass is 344 g/mol. The molecule has 1 aliphatic rings. The van der Waals surface area contributed by atoms with Crippen LogP contribution in [0.4, 0.5) is 0 Å². The molecule has 1 amide bonds. The predicted octanol–water partition coefficient (Wildman–Crippen LogP) is 3.95. The number of carbonyl (C=O) groups excluding carboxylic acids is 1. The van der Waals surface area contributed by atoms with Crippen LogP contribution in [0.25, 0.3) is 0 Å². The molecule has 1 fully saturated rings. The van der Waals surface area contributed by atoms with Gasteiger partial charge in [0.05, 0.1) is 6.04 Å². The Morgan fingerprint density at radius 1 is 1.32 bits per heavy atom. The third-order valence-electron chi connectivity index (χ3n) is 4.49. The summed E-state index contributed by atoms with van der Waals surface area (Å²) in [4.78, 5) is 12.6. The van der Waals surface area contributed by atoms with Gasteiger partial charge < -0.3 is 11.1 Å². The lowest BCUT2D eigenvalue weighted by Crippen LogP contribution is -2.39. The number of hydrogen-bond donors (Lipinski definition) is 2. The molecule has 5 heteroatoms. The normalized spacial score (nSPS) is 22.2. The Bertz CT molecular complexity index is 476. The van der Waals surface area contributed by atoms with Crippen LogP contribution in [-0.4, -0.2) is 12.5 Å². The van der Waals surface area contributed by atoms with Crippen LogP contribution in [0.1, 0.15) is 44.7 Å². The second-order valence-electron chi connectivity index (χ2n) is 6.32. The molecule has 0 radical (unpaired) electrons. The third kappa shape index (κ3) is 4.61. The van der Waals surface area contributed by atoms with Crippen LogP contribution >= 0.6 is 24.0 Å². The van der Waals surface area contributed by atoms with Crippen LogP contribution in [0, 0.1) is 17.8 Å². The van der Waals surface area contributed by atoms with Gasteiger partial charge in [0.25, 0.3) is 0 Å². The van der Waals surface area contributed by atoms with E-state index < -0.39 is 0 Å². The Morgan fingerprint density at radius 3 is 2.50 bits per heavy atom. The van der Waals surface area contributed by atoms with Crippen molar-refractivity contribution in [2.45, 2.75) is 39.2 Å². The largest absolute Gasteiger partial charge is 0.349 e. The standard InChI is InChI=1S/C17H25ClN2O.ClH/c1-11(2)16(12-6-8-14(18)9-7-12)20-17(21)15-5-3-4-13(15)10-19;/h6-9,11,13,15-16H,3-5,10,19H2,1-2H3,(H,20,21);1H/t13-,15-,16?;/m1./s1. The fourth-order valence-electron chi connectivity index (χ4n) is 3.23. The number of halogens is 2. The summed E-state index contributed by atoms with van der Waals surface area (Å²) in [5.41, 5.74) is 6.89. The molecule has 0 spiro atoms. The first-order valence-corrected chi connectivity index (χ1v) is 8.16. The van der Waals surface area contributed by atoms with Gasteiger partial charge in [0.1, 0.15) is 0 Å². The first kappa shape index (κ1) is 19.3. The molecule has 0 aliphatic heterocycles. The van der Waals surface area contributed by atoms with Gasteiger partial charge in [-0.25, -0.2) is 0 Å². The minimum absolute atomic E-state index is 0. The number of rotatable bonds is 5. The van der Waals surface area contributed by atoms with Gasteiger partial charge in [-0.2, -0.15) is 0 Å². The molecular weight excluding hydrogens is 319 g/mol. The van der Waals surface area contributed by atoms with Gasteiger partial charge in [0.2, 0.25) is 5.91 Å². The van der Waals surface area contributed by atoms with Crippen LogP contribution in [-0.2, 0) is 4.79 Å². The van der Waals surface area contributed by atoms with Crippen LogP contribution in [0.2, 0.25) is 5.02 Å². The maximum atomic E-state index is 12.6. The molecule has 1 saturated carbocycles. The molecule has 0 saturated heterocycles. The quantitative estimate of drug-likeness (QED) is 0.849. The van der Waals surface area contributed by atoms with Crippen molar-refractivity contribution in [2.24, 2.45) is 23.5 Å². The number of amides is 1. The average Bonchev–Trinajstić information content (AvgIpc) is 2.94. The maximum absolute atomic E-state index is 12.6. The van der Waals surface area contributed by atoms with E-state index in [1.54, 1.807) is 0 Å².